The smallest absolute Gasteiger partial charge is 0.223 e. The van der Waals surface area contributed by atoms with Crippen LogP contribution in [0.15, 0.2) is 24.3 Å². The first-order valence-electron chi connectivity index (χ1n) is 6.49. The van der Waals surface area contributed by atoms with Gasteiger partial charge in [0.1, 0.15) is 5.75 Å². The van der Waals surface area contributed by atoms with Crippen LogP contribution in [0.3, 0.4) is 0 Å². The molecular weight excluding hydrogens is 228 g/mol. The highest BCUT2D eigenvalue weighted by Crippen LogP contribution is 2.31. The summed E-state index contributed by atoms with van der Waals surface area (Å²) in [5.41, 5.74) is 6.34. The van der Waals surface area contributed by atoms with Crippen molar-refractivity contribution in [3.05, 3.63) is 24.3 Å². The number of nitrogens with one attached hydrogen (secondary N) is 1. The molecule has 0 aliphatic heterocycles. The first-order valence-corrected chi connectivity index (χ1v) is 6.49. The Morgan fingerprint density at radius 2 is 2.17 bits per heavy atom. The Hall–Kier alpha value is -1.71. The predicted octanol–water partition coefficient (Wildman–Crippen LogP) is 1.95. The summed E-state index contributed by atoms with van der Waals surface area (Å²) in [6, 6.07) is 7.31. The van der Waals surface area contributed by atoms with E-state index in [-0.39, 0.29) is 5.91 Å². The van der Waals surface area contributed by atoms with Crippen molar-refractivity contribution in [1.82, 2.24) is 5.32 Å². The minimum absolute atomic E-state index is 0.0464. The van der Waals surface area contributed by atoms with Crippen LogP contribution in [0.25, 0.3) is 0 Å². The maximum absolute atomic E-state index is 11.5. The van der Waals surface area contributed by atoms with Gasteiger partial charge in [0.2, 0.25) is 5.91 Å². The molecule has 1 aromatic rings. The maximum atomic E-state index is 11.5. The lowest BCUT2D eigenvalue weighted by molar-refractivity contribution is -0.121. The number of benzene rings is 1. The van der Waals surface area contributed by atoms with Crippen LogP contribution in [0.1, 0.15) is 25.7 Å². The van der Waals surface area contributed by atoms with Crippen molar-refractivity contribution in [2.24, 2.45) is 5.92 Å². The lowest BCUT2D eigenvalue weighted by Gasteiger charge is -2.08. The molecule has 1 saturated carbocycles. The number of anilines is 1. The number of hydrogen-bond donors (Lipinski definition) is 2. The summed E-state index contributed by atoms with van der Waals surface area (Å²) in [6.07, 6.45) is 4.13. The molecule has 0 atom stereocenters. The number of rotatable bonds is 7. The standard InChI is InChI=1S/C14H20N2O2/c15-12-3-1-2-4-13(12)18-10-8-14(17)16-9-7-11-5-6-11/h1-4,11H,5-10,15H2,(H,16,17). The van der Waals surface area contributed by atoms with Crippen LogP contribution in [-0.4, -0.2) is 19.1 Å². The quantitative estimate of drug-likeness (QED) is 0.725. The average Bonchev–Trinajstić information content (AvgIpc) is 3.16. The molecule has 4 heteroatoms. The third-order valence-electron chi connectivity index (χ3n) is 3.08. The first kappa shape index (κ1) is 12.7. The fourth-order valence-corrected chi connectivity index (χ4v) is 1.78. The molecule has 1 fully saturated rings. The van der Waals surface area contributed by atoms with Gasteiger partial charge < -0.3 is 15.8 Å². The van der Waals surface area contributed by atoms with E-state index < -0.39 is 0 Å². The summed E-state index contributed by atoms with van der Waals surface area (Å²) in [5.74, 6) is 1.54. The number of carbonyl (C=O) groups is 1. The molecule has 1 aliphatic carbocycles. The molecule has 0 radical (unpaired) electrons. The summed E-state index contributed by atoms with van der Waals surface area (Å²) in [7, 11) is 0. The average molecular weight is 248 g/mol. The third-order valence-corrected chi connectivity index (χ3v) is 3.08. The second-order valence-corrected chi connectivity index (χ2v) is 4.72. The van der Waals surface area contributed by atoms with Crippen molar-refractivity contribution in [2.45, 2.75) is 25.7 Å². The zero-order chi connectivity index (χ0) is 12.8. The van der Waals surface area contributed by atoms with E-state index in [4.69, 9.17) is 10.5 Å². The molecular formula is C14H20N2O2. The van der Waals surface area contributed by atoms with Gasteiger partial charge in [-0.3, -0.25) is 4.79 Å². The van der Waals surface area contributed by atoms with Crippen molar-refractivity contribution < 1.29 is 9.53 Å². The maximum Gasteiger partial charge on any atom is 0.223 e. The van der Waals surface area contributed by atoms with Gasteiger partial charge in [-0.1, -0.05) is 25.0 Å². The lowest BCUT2D eigenvalue weighted by atomic mass is 10.3. The van der Waals surface area contributed by atoms with Crippen molar-refractivity contribution in [3.63, 3.8) is 0 Å². The van der Waals surface area contributed by atoms with E-state index in [2.05, 4.69) is 5.32 Å². The normalized spacial score (nSPS) is 14.2. The van der Waals surface area contributed by atoms with Crippen molar-refractivity contribution in [2.75, 3.05) is 18.9 Å². The van der Waals surface area contributed by atoms with Crippen molar-refractivity contribution >= 4 is 11.6 Å². The van der Waals surface area contributed by atoms with E-state index in [0.29, 0.717) is 24.5 Å². The van der Waals surface area contributed by atoms with Gasteiger partial charge in [0, 0.05) is 6.54 Å². The lowest BCUT2D eigenvalue weighted by Crippen LogP contribution is -2.26. The van der Waals surface area contributed by atoms with Crippen LogP contribution in [0.4, 0.5) is 5.69 Å². The molecule has 0 bridgehead atoms. The molecule has 0 heterocycles. The topological polar surface area (TPSA) is 64.3 Å². The molecule has 4 nitrogen and oxygen atoms in total. The summed E-state index contributed by atoms with van der Waals surface area (Å²) >= 11 is 0. The molecule has 98 valence electrons. The highest BCUT2D eigenvalue weighted by atomic mass is 16.5. The first-order chi connectivity index (χ1) is 8.75. The van der Waals surface area contributed by atoms with Crippen LogP contribution < -0.4 is 15.8 Å². The van der Waals surface area contributed by atoms with Gasteiger partial charge in [-0.2, -0.15) is 0 Å². The minimum Gasteiger partial charge on any atom is -0.491 e. The number of nitrogens with two attached hydrogens (primary N) is 1. The molecule has 18 heavy (non-hydrogen) atoms. The van der Waals surface area contributed by atoms with Crippen molar-refractivity contribution in [3.8, 4) is 5.75 Å². The second kappa shape index (κ2) is 6.28. The van der Waals surface area contributed by atoms with Crippen LogP contribution >= 0.6 is 0 Å². The van der Waals surface area contributed by atoms with Crippen LogP contribution in [0.2, 0.25) is 0 Å². The van der Waals surface area contributed by atoms with E-state index >= 15 is 0 Å². The molecule has 0 spiro atoms. The number of hydrogen-bond acceptors (Lipinski definition) is 3. The van der Waals surface area contributed by atoms with E-state index in [1.807, 2.05) is 12.1 Å². The number of carbonyl (C=O) groups excluding carboxylic acids is 1. The summed E-state index contributed by atoms with van der Waals surface area (Å²) in [4.78, 5) is 11.5. The predicted molar refractivity (Wildman–Crippen MR) is 71.3 cm³/mol. The Bertz CT molecular complexity index is 403. The fraction of sp³-hybridized carbons (Fsp3) is 0.500. The fourth-order valence-electron chi connectivity index (χ4n) is 1.78. The number of nitrogen functional groups attached to an aromatic ring is 1. The highest BCUT2D eigenvalue weighted by molar-refractivity contribution is 5.75. The second-order valence-electron chi connectivity index (χ2n) is 4.72. The molecule has 3 N–H and O–H groups in total. The van der Waals surface area contributed by atoms with Gasteiger partial charge >= 0.3 is 0 Å². The van der Waals surface area contributed by atoms with E-state index in [9.17, 15) is 4.79 Å². The van der Waals surface area contributed by atoms with Gasteiger partial charge in [0.05, 0.1) is 18.7 Å². The number of amides is 1. The Labute approximate surface area is 108 Å². The van der Waals surface area contributed by atoms with Gasteiger partial charge in [0.15, 0.2) is 0 Å². The monoisotopic (exact) mass is 248 g/mol. The zero-order valence-corrected chi connectivity index (χ0v) is 10.5. The largest absolute Gasteiger partial charge is 0.491 e. The van der Waals surface area contributed by atoms with Gasteiger partial charge in [-0.15, -0.1) is 0 Å². The van der Waals surface area contributed by atoms with Crippen LogP contribution in [0.5, 0.6) is 5.75 Å². The summed E-state index contributed by atoms with van der Waals surface area (Å²) in [6.45, 7) is 1.15. The number of ether oxygens (including phenoxy) is 1. The van der Waals surface area contributed by atoms with Crippen molar-refractivity contribution in [1.29, 1.82) is 0 Å². The third kappa shape index (κ3) is 4.28. The zero-order valence-electron chi connectivity index (χ0n) is 10.5. The van der Waals surface area contributed by atoms with E-state index in [0.717, 1.165) is 18.9 Å². The SMILES string of the molecule is Nc1ccccc1OCCC(=O)NCCC1CC1. The number of para-hydroxylation sites is 2. The van der Waals surface area contributed by atoms with E-state index in [1.54, 1.807) is 12.1 Å². The summed E-state index contributed by atoms with van der Waals surface area (Å²) in [5, 5.41) is 2.90. The molecule has 0 unspecified atom stereocenters. The van der Waals surface area contributed by atoms with Gasteiger partial charge in [0.25, 0.3) is 0 Å². The Morgan fingerprint density at radius 1 is 1.39 bits per heavy atom. The molecule has 1 aliphatic rings. The van der Waals surface area contributed by atoms with Gasteiger partial charge in [-0.25, -0.2) is 0 Å². The van der Waals surface area contributed by atoms with E-state index in [1.165, 1.54) is 12.8 Å². The molecule has 1 aromatic carbocycles. The Kier molecular flexibility index (Phi) is 4.45. The molecule has 2 rings (SSSR count). The van der Waals surface area contributed by atoms with Crippen LogP contribution in [0, 0.1) is 5.92 Å². The Balaban J connectivity index is 1.59. The van der Waals surface area contributed by atoms with Gasteiger partial charge in [-0.05, 0) is 24.5 Å². The molecule has 0 aromatic heterocycles. The summed E-state index contributed by atoms with van der Waals surface area (Å²) < 4.78 is 5.46. The molecule has 1 amide bonds. The molecule has 0 saturated heterocycles. The Morgan fingerprint density at radius 3 is 2.89 bits per heavy atom. The van der Waals surface area contributed by atoms with Crippen LogP contribution in [-0.2, 0) is 4.79 Å². The highest BCUT2D eigenvalue weighted by Gasteiger charge is 2.20. The minimum atomic E-state index is 0.0464.